The molecule has 0 heterocycles. The van der Waals surface area contributed by atoms with Crippen LogP contribution in [0, 0.1) is 0 Å². The highest BCUT2D eigenvalue weighted by molar-refractivity contribution is 9.74. The van der Waals surface area contributed by atoms with Crippen LogP contribution in [0.15, 0.2) is 0 Å². The van der Waals surface area contributed by atoms with Crippen LogP contribution in [0.1, 0.15) is 19.8 Å². The van der Waals surface area contributed by atoms with Crippen LogP contribution < -0.4 is 0 Å². The van der Waals surface area contributed by atoms with Crippen molar-refractivity contribution in [1.82, 2.24) is 4.23 Å². The summed E-state index contributed by atoms with van der Waals surface area (Å²) in [7, 11) is 0. The van der Waals surface area contributed by atoms with Gasteiger partial charge in [-0.3, -0.25) is 4.23 Å². The van der Waals surface area contributed by atoms with Crippen molar-refractivity contribution in [3.05, 3.63) is 0 Å². The molecule has 13 heavy (non-hydrogen) atoms. The predicted octanol–water partition coefficient (Wildman–Crippen LogP) is 5.33. The van der Waals surface area contributed by atoms with Gasteiger partial charge in [-0.2, -0.15) is 0 Å². The summed E-state index contributed by atoms with van der Waals surface area (Å²) < 4.78 is -1.17. The fourth-order valence-corrected chi connectivity index (χ4v) is 39.5. The first-order chi connectivity index (χ1) is 5.69. The van der Waals surface area contributed by atoms with Crippen LogP contribution in [-0.2, 0) is 0 Å². The smallest absolute Gasteiger partial charge is 0.294 e. The van der Waals surface area contributed by atoms with Gasteiger partial charge in [0.2, 0.25) is 0 Å². The van der Waals surface area contributed by atoms with E-state index in [9.17, 15) is 0 Å². The fourth-order valence-electron chi connectivity index (χ4n) is 0.714. The standard InChI is InChI=1S/C4H9Br6NSi2/c1-2-3-4-11(12(5,6)7)13(8,9)10/h2-4H2,1H3. The molecule has 1 nitrogen and oxygen atoms in total. The molecule has 0 unspecified atom stereocenters. The quantitative estimate of drug-likeness (QED) is 0.302. The van der Waals surface area contributed by atoms with Crippen molar-refractivity contribution in [1.29, 1.82) is 0 Å². The second-order valence-corrected chi connectivity index (χ2v) is 45.7. The third-order valence-electron chi connectivity index (χ3n) is 1.35. The fraction of sp³-hybridized carbons (Fsp3) is 1.00. The van der Waals surface area contributed by atoms with E-state index in [1.165, 1.54) is 12.8 Å². The predicted molar refractivity (Wildman–Crippen MR) is 86.7 cm³/mol. The molecule has 0 aliphatic carbocycles. The summed E-state index contributed by atoms with van der Waals surface area (Å²) in [5.41, 5.74) is 0. The number of hydrogen-bond acceptors (Lipinski definition) is 1. The molecule has 80 valence electrons. The molecule has 0 atom stereocenters. The maximum atomic E-state index is 3.65. The zero-order valence-electron chi connectivity index (χ0n) is 6.84. The molecule has 0 aromatic carbocycles. The molecular weight excluding hydrogens is 598 g/mol. The Labute approximate surface area is 128 Å². The average molecular weight is 607 g/mol. The molecular formula is C4H9Br6NSi2. The monoisotopic (exact) mass is 601 g/mol. The lowest BCUT2D eigenvalue weighted by molar-refractivity contribution is 0.623. The third kappa shape index (κ3) is 7.24. The van der Waals surface area contributed by atoms with Gasteiger partial charge < -0.3 is 0 Å². The summed E-state index contributed by atoms with van der Waals surface area (Å²) in [6.07, 6.45) is 2.39. The van der Waals surface area contributed by atoms with Crippen molar-refractivity contribution in [2.45, 2.75) is 19.8 Å². The minimum Gasteiger partial charge on any atom is -0.294 e. The zero-order valence-corrected chi connectivity index (χ0v) is 18.4. The van der Waals surface area contributed by atoms with E-state index in [2.05, 4.69) is 103 Å². The third-order valence-corrected chi connectivity index (χ3v) is 18.6. The van der Waals surface area contributed by atoms with Gasteiger partial charge in [-0.05, 0) is 13.0 Å². The number of halogens is 6. The molecule has 0 spiro atoms. The second kappa shape index (κ2) is 6.88. The highest BCUT2D eigenvalue weighted by Gasteiger charge is 2.44. The zero-order chi connectivity index (χ0) is 10.7. The van der Waals surface area contributed by atoms with Crippen LogP contribution in [0.2, 0.25) is 0 Å². The van der Waals surface area contributed by atoms with Gasteiger partial charge in [-0.15, -0.1) is 0 Å². The summed E-state index contributed by atoms with van der Waals surface area (Å²) >= 11 is 21.9. The van der Waals surface area contributed by atoms with Crippen LogP contribution in [-0.4, -0.2) is 19.0 Å². The Balaban J connectivity index is 4.39. The van der Waals surface area contributed by atoms with Crippen molar-refractivity contribution >= 4 is 99.9 Å². The van der Waals surface area contributed by atoms with Crippen LogP contribution in [0.4, 0.5) is 0 Å². The van der Waals surface area contributed by atoms with Gasteiger partial charge in [0.15, 0.2) is 0 Å². The van der Waals surface area contributed by atoms with E-state index in [0.717, 1.165) is 6.54 Å². The summed E-state index contributed by atoms with van der Waals surface area (Å²) in [5, 5.41) is 0. The van der Waals surface area contributed by atoms with Crippen molar-refractivity contribution < 1.29 is 0 Å². The Hall–Kier alpha value is 3.27. The SMILES string of the molecule is CCCCN([Si](Br)(Br)Br)[Si](Br)(Br)Br. The van der Waals surface area contributed by atoms with Crippen molar-refractivity contribution in [3.8, 4) is 0 Å². The van der Waals surface area contributed by atoms with Gasteiger partial charge in [0.05, 0.1) is 0 Å². The van der Waals surface area contributed by atoms with Crippen molar-refractivity contribution in [2.24, 2.45) is 0 Å². The second-order valence-electron chi connectivity index (χ2n) is 2.44. The maximum absolute atomic E-state index is 3.65. The van der Waals surface area contributed by atoms with E-state index in [0.29, 0.717) is 0 Å². The lowest BCUT2D eigenvalue weighted by Crippen LogP contribution is -2.50. The Kier molecular flexibility index (Phi) is 8.61. The number of unbranched alkanes of at least 4 members (excludes halogenated alkanes) is 1. The van der Waals surface area contributed by atoms with Crippen LogP contribution in [0.5, 0.6) is 0 Å². The molecule has 0 rings (SSSR count). The molecule has 9 heteroatoms. The first-order valence-electron chi connectivity index (χ1n) is 3.60. The van der Waals surface area contributed by atoms with Crippen LogP contribution in [0.3, 0.4) is 0 Å². The largest absolute Gasteiger partial charge is 0.340 e. The van der Waals surface area contributed by atoms with Gasteiger partial charge >= 0.3 is 8.19 Å². The van der Waals surface area contributed by atoms with Gasteiger partial charge in [0.1, 0.15) is 0 Å². The molecule has 0 radical (unpaired) electrons. The normalized spacial score (nSPS) is 13.8. The van der Waals surface area contributed by atoms with Gasteiger partial charge in [0, 0.05) is 0 Å². The highest BCUT2D eigenvalue weighted by atomic mass is 80.0. The van der Waals surface area contributed by atoms with E-state index in [1.54, 1.807) is 0 Å². The first-order valence-corrected chi connectivity index (χ1v) is 21.0. The van der Waals surface area contributed by atoms with Crippen LogP contribution in [0.25, 0.3) is 0 Å². The summed E-state index contributed by atoms with van der Waals surface area (Å²) in [4.78, 5) is 0. The maximum Gasteiger partial charge on any atom is 0.340 e. The lowest BCUT2D eigenvalue weighted by Gasteiger charge is -2.34. The Morgan fingerprint density at radius 2 is 1.31 bits per heavy atom. The molecule has 0 N–H and O–H groups in total. The first kappa shape index (κ1) is 16.3. The molecule has 0 saturated heterocycles. The van der Waals surface area contributed by atoms with E-state index >= 15 is 0 Å². The van der Waals surface area contributed by atoms with E-state index in [4.69, 9.17) is 0 Å². The minimum absolute atomic E-state index is 1.05. The van der Waals surface area contributed by atoms with Crippen molar-refractivity contribution in [2.75, 3.05) is 6.54 Å². The summed E-state index contributed by atoms with van der Waals surface area (Å²) in [5.74, 6) is 0. The molecule has 0 bridgehead atoms. The molecule has 0 aromatic heterocycles. The summed E-state index contributed by atoms with van der Waals surface area (Å²) in [6.45, 7) is 3.25. The van der Waals surface area contributed by atoms with Crippen molar-refractivity contribution in [3.63, 3.8) is 0 Å². The topological polar surface area (TPSA) is 3.24 Å². The summed E-state index contributed by atoms with van der Waals surface area (Å²) in [6, 6.07) is 0. The number of rotatable bonds is 5. The Morgan fingerprint density at radius 3 is 1.54 bits per heavy atom. The molecule has 0 amide bonds. The number of nitrogens with zero attached hydrogens (tertiary/aromatic N) is 1. The van der Waals surface area contributed by atoms with Gasteiger partial charge in [-0.1, -0.05) is 105 Å². The average Bonchev–Trinajstić information content (AvgIpc) is 1.81. The van der Waals surface area contributed by atoms with Gasteiger partial charge in [0.25, 0.3) is 0 Å². The van der Waals surface area contributed by atoms with E-state index in [1.807, 2.05) is 0 Å². The van der Waals surface area contributed by atoms with E-state index in [-0.39, 0.29) is 0 Å². The highest BCUT2D eigenvalue weighted by Crippen LogP contribution is 2.42. The number of hydrogen-bond donors (Lipinski definition) is 0. The molecule has 0 aliphatic rings. The van der Waals surface area contributed by atoms with Gasteiger partial charge in [-0.25, -0.2) is 0 Å². The van der Waals surface area contributed by atoms with Crippen LogP contribution >= 0.6 is 91.8 Å². The Bertz CT molecular complexity index is 140. The minimum atomic E-state index is -1.77. The molecule has 0 saturated carbocycles. The molecule has 0 aliphatic heterocycles. The molecule has 0 fully saturated rings. The molecule has 0 aromatic rings. The lowest BCUT2D eigenvalue weighted by atomic mass is 10.3. The Morgan fingerprint density at radius 1 is 0.923 bits per heavy atom. The van der Waals surface area contributed by atoms with E-state index < -0.39 is 8.19 Å².